The highest BCUT2D eigenvalue weighted by molar-refractivity contribution is 6.02. The minimum atomic E-state index is 0.297. The van der Waals surface area contributed by atoms with E-state index in [9.17, 15) is 0 Å². The van der Waals surface area contributed by atoms with Gasteiger partial charge in [0.2, 0.25) is 5.95 Å². The minimum Gasteiger partial charge on any atom is -0.370 e. The van der Waals surface area contributed by atoms with Gasteiger partial charge in [0.25, 0.3) is 0 Å². The van der Waals surface area contributed by atoms with E-state index < -0.39 is 0 Å². The van der Waals surface area contributed by atoms with Gasteiger partial charge in [0.1, 0.15) is 11.3 Å². The van der Waals surface area contributed by atoms with Crippen LogP contribution in [0, 0.1) is 0 Å². The molecule has 3 aromatic heterocycles. The van der Waals surface area contributed by atoms with Gasteiger partial charge < -0.3 is 20.5 Å². The molecule has 8 nitrogen and oxygen atoms in total. The van der Waals surface area contributed by atoms with E-state index in [1.165, 1.54) is 0 Å². The lowest BCUT2D eigenvalue weighted by Crippen LogP contribution is -2.39. The SMILES string of the molecule is CC(C)n1cnc2ccc3cnc(Nc4ccc(N5CCC(N)CC5)cn4)nc3c21. The molecule has 0 radical (unpaired) electrons. The van der Waals surface area contributed by atoms with Crippen molar-refractivity contribution < 1.29 is 0 Å². The van der Waals surface area contributed by atoms with E-state index in [4.69, 9.17) is 10.7 Å². The molecule has 5 rings (SSSR count). The number of piperidine rings is 1. The van der Waals surface area contributed by atoms with E-state index in [2.05, 4.69) is 49.6 Å². The van der Waals surface area contributed by atoms with E-state index in [1.54, 1.807) is 0 Å². The molecule has 30 heavy (non-hydrogen) atoms. The maximum absolute atomic E-state index is 6.01. The van der Waals surface area contributed by atoms with Crippen LogP contribution in [0.2, 0.25) is 0 Å². The third kappa shape index (κ3) is 3.43. The first kappa shape index (κ1) is 18.7. The Morgan fingerprint density at radius 1 is 1.03 bits per heavy atom. The molecule has 0 spiro atoms. The number of fused-ring (bicyclic) bond motifs is 3. The summed E-state index contributed by atoms with van der Waals surface area (Å²) in [4.78, 5) is 20.7. The number of aromatic nitrogens is 5. The highest BCUT2D eigenvalue weighted by Gasteiger charge is 2.17. The smallest absolute Gasteiger partial charge is 0.228 e. The van der Waals surface area contributed by atoms with E-state index in [1.807, 2.05) is 36.9 Å². The van der Waals surface area contributed by atoms with Crippen LogP contribution in [-0.2, 0) is 0 Å². The van der Waals surface area contributed by atoms with Crippen LogP contribution in [0.5, 0.6) is 0 Å². The third-order valence-electron chi connectivity index (χ3n) is 5.73. The number of hydrogen-bond acceptors (Lipinski definition) is 7. The molecule has 1 aliphatic heterocycles. The van der Waals surface area contributed by atoms with E-state index >= 15 is 0 Å². The van der Waals surface area contributed by atoms with Gasteiger partial charge in [0, 0.05) is 36.8 Å². The van der Waals surface area contributed by atoms with Gasteiger partial charge in [-0.3, -0.25) is 0 Å². The summed E-state index contributed by atoms with van der Waals surface area (Å²) in [7, 11) is 0. The van der Waals surface area contributed by atoms with Crippen molar-refractivity contribution >= 4 is 39.4 Å². The zero-order chi connectivity index (χ0) is 20.7. The van der Waals surface area contributed by atoms with Gasteiger partial charge in [0.05, 0.1) is 29.2 Å². The summed E-state index contributed by atoms with van der Waals surface area (Å²) in [5, 5.41) is 4.23. The first-order valence-corrected chi connectivity index (χ1v) is 10.4. The van der Waals surface area contributed by atoms with E-state index in [0.29, 0.717) is 18.0 Å². The van der Waals surface area contributed by atoms with Gasteiger partial charge in [-0.05, 0) is 51.0 Å². The summed E-state index contributed by atoms with van der Waals surface area (Å²) in [5.41, 5.74) is 9.97. The van der Waals surface area contributed by atoms with Crippen molar-refractivity contribution in [2.24, 2.45) is 5.73 Å². The van der Waals surface area contributed by atoms with Crippen LogP contribution in [0.15, 0.2) is 43.0 Å². The van der Waals surface area contributed by atoms with Crippen LogP contribution in [0.1, 0.15) is 32.7 Å². The first-order valence-electron chi connectivity index (χ1n) is 10.4. The zero-order valence-corrected chi connectivity index (χ0v) is 17.3. The molecule has 4 heterocycles. The van der Waals surface area contributed by atoms with Crippen molar-refractivity contribution in [2.45, 2.75) is 38.8 Å². The highest BCUT2D eigenvalue weighted by atomic mass is 15.2. The topological polar surface area (TPSA) is 97.8 Å². The lowest BCUT2D eigenvalue weighted by atomic mass is 10.1. The van der Waals surface area contributed by atoms with Crippen LogP contribution in [0.3, 0.4) is 0 Å². The lowest BCUT2D eigenvalue weighted by molar-refractivity contribution is 0.501. The van der Waals surface area contributed by atoms with E-state index in [0.717, 1.165) is 59.4 Å². The average molecular weight is 403 g/mol. The molecule has 0 atom stereocenters. The Balaban J connectivity index is 1.42. The number of imidazole rings is 1. The molecule has 0 amide bonds. The average Bonchev–Trinajstić information content (AvgIpc) is 3.20. The Kier molecular flexibility index (Phi) is 4.71. The second-order valence-corrected chi connectivity index (χ2v) is 8.16. The summed E-state index contributed by atoms with van der Waals surface area (Å²) in [6.07, 6.45) is 7.65. The predicted molar refractivity (Wildman–Crippen MR) is 120 cm³/mol. The van der Waals surface area contributed by atoms with E-state index in [-0.39, 0.29) is 0 Å². The molecule has 0 aliphatic carbocycles. The fourth-order valence-electron chi connectivity index (χ4n) is 3.98. The van der Waals surface area contributed by atoms with Crippen molar-refractivity contribution in [3.8, 4) is 0 Å². The number of benzene rings is 1. The summed E-state index contributed by atoms with van der Waals surface area (Å²) in [6.45, 7) is 6.23. The largest absolute Gasteiger partial charge is 0.370 e. The molecule has 1 aliphatic rings. The summed E-state index contributed by atoms with van der Waals surface area (Å²) in [5.74, 6) is 1.24. The minimum absolute atomic E-state index is 0.297. The van der Waals surface area contributed by atoms with Crippen molar-refractivity contribution in [1.82, 2.24) is 24.5 Å². The summed E-state index contributed by atoms with van der Waals surface area (Å²) in [6, 6.07) is 8.69. The number of hydrogen-bond donors (Lipinski definition) is 2. The number of nitrogens with one attached hydrogen (secondary N) is 1. The second kappa shape index (κ2) is 7.53. The van der Waals surface area contributed by atoms with Crippen LogP contribution in [0.25, 0.3) is 21.9 Å². The zero-order valence-electron chi connectivity index (χ0n) is 17.3. The fraction of sp³-hybridized carbons (Fsp3) is 0.364. The Labute approximate surface area is 175 Å². The molecule has 1 fully saturated rings. The Morgan fingerprint density at radius 3 is 2.60 bits per heavy atom. The Hall–Kier alpha value is -3.26. The first-order chi connectivity index (χ1) is 14.6. The molecule has 0 unspecified atom stereocenters. The van der Waals surface area contributed by atoms with Crippen LogP contribution in [-0.4, -0.2) is 43.6 Å². The predicted octanol–water partition coefficient (Wildman–Crippen LogP) is 3.63. The summed E-state index contributed by atoms with van der Waals surface area (Å²) >= 11 is 0. The molecule has 1 aromatic carbocycles. The Morgan fingerprint density at radius 2 is 1.87 bits per heavy atom. The number of nitrogens with zero attached hydrogens (tertiary/aromatic N) is 6. The van der Waals surface area contributed by atoms with Crippen molar-refractivity contribution in [3.05, 3.63) is 43.0 Å². The molecule has 1 saturated heterocycles. The van der Waals surface area contributed by atoms with Crippen LogP contribution < -0.4 is 16.0 Å². The molecular formula is C22H26N8. The molecule has 3 N–H and O–H groups in total. The molecule has 4 aromatic rings. The maximum atomic E-state index is 6.01. The Bertz CT molecular complexity index is 1170. The number of nitrogens with two attached hydrogens (primary N) is 1. The van der Waals surface area contributed by atoms with Crippen molar-refractivity contribution in [1.29, 1.82) is 0 Å². The number of anilines is 3. The lowest BCUT2D eigenvalue weighted by Gasteiger charge is -2.31. The monoisotopic (exact) mass is 402 g/mol. The van der Waals surface area contributed by atoms with Gasteiger partial charge in [-0.2, -0.15) is 0 Å². The molecular weight excluding hydrogens is 376 g/mol. The van der Waals surface area contributed by atoms with Gasteiger partial charge >= 0.3 is 0 Å². The maximum Gasteiger partial charge on any atom is 0.228 e. The molecule has 154 valence electrons. The van der Waals surface area contributed by atoms with Gasteiger partial charge in [-0.15, -0.1) is 0 Å². The highest BCUT2D eigenvalue weighted by Crippen LogP contribution is 2.27. The molecule has 0 saturated carbocycles. The van der Waals surface area contributed by atoms with Crippen molar-refractivity contribution in [2.75, 3.05) is 23.3 Å². The number of pyridine rings is 1. The van der Waals surface area contributed by atoms with Gasteiger partial charge in [-0.25, -0.2) is 19.9 Å². The van der Waals surface area contributed by atoms with Crippen molar-refractivity contribution in [3.63, 3.8) is 0 Å². The van der Waals surface area contributed by atoms with Gasteiger partial charge in [0.15, 0.2) is 0 Å². The van der Waals surface area contributed by atoms with Crippen LogP contribution in [0.4, 0.5) is 17.5 Å². The second-order valence-electron chi connectivity index (χ2n) is 8.16. The van der Waals surface area contributed by atoms with Crippen LogP contribution >= 0.6 is 0 Å². The molecule has 8 heteroatoms. The standard InChI is InChI=1S/C22H26N8/c1-14(2)30-13-26-18-5-3-15-11-25-22(28-20(15)21(18)30)27-19-6-4-17(12-24-19)29-9-7-16(23)8-10-29/h3-6,11-14,16H,7-10,23H2,1-2H3,(H,24,25,27,28). The van der Waals surface area contributed by atoms with Gasteiger partial charge in [-0.1, -0.05) is 0 Å². The third-order valence-corrected chi connectivity index (χ3v) is 5.73. The fourth-order valence-corrected chi connectivity index (χ4v) is 3.98. The molecule has 0 bridgehead atoms. The normalized spacial score (nSPS) is 15.4. The quantitative estimate of drug-likeness (QED) is 0.538. The summed E-state index contributed by atoms with van der Waals surface area (Å²) < 4.78 is 2.14. The number of rotatable bonds is 4.